The van der Waals surface area contributed by atoms with Gasteiger partial charge in [-0.1, -0.05) is 6.07 Å². The van der Waals surface area contributed by atoms with Crippen LogP contribution in [0.5, 0.6) is 0 Å². The SMILES string of the molecule is CN1CCN(c2cccc(N[C@@H]3CCN(C=CC=O)C3)c2)CC1. The van der Waals surface area contributed by atoms with Gasteiger partial charge in [0.1, 0.15) is 6.29 Å². The van der Waals surface area contributed by atoms with Crippen LogP contribution in [0.4, 0.5) is 11.4 Å². The van der Waals surface area contributed by atoms with Crippen molar-refractivity contribution < 1.29 is 4.79 Å². The highest BCUT2D eigenvalue weighted by Crippen LogP contribution is 2.23. The van der Waals surface area contributed by atoms with Gasteiger partial charge in [0.15, 0.2) is 0 Å². The number of allylic oxidation sites excluding steroid dienone is 1. The minimum Gasteiger partial charge on any atom is -0.380 e. The fourth-order valence-electron chi connectivity index (χ4n) is 3.29. The minimum absolute atomic E-state index is 0.439. The van der Waals surface area contributed by atoms with Crippen LogP contribution in [0.25, 0.3) is 0 Å². The number of likely N-dealkylation sites (N-methyl/N-ethyl adjacent to an activating group) is 1. The summed E-state index contributed by atoms with van der Waals surface area (Å²) in [4.78, 5) is 17.4. The Morgan fingerprint density at radius 3 is 2.78 bits per heavy atom. The van der Waals surface area contributed by atoms with E-state index in [-0.39, 0.29) is 0 Å². The summed E-state index contributed by atoms with van der Waals surface area (Å²) < 4.78 is 0. The largest absolute Gasteiger partial charge is 0.380 e. The molecule has 3 rings (SSSR count). The Morgan fingerprint density at radius 1 is 1.17 bits per heavy atom. The van der Waals surface area contributed by atoms with E-state index in [0.717, 1.165) is 52.0 Å². The minimum atomic E-state index is 0.439. The average molecular weight is 314 g/mol. The second-order valence-corrected chi connectivity index (χ2v) is 6.44. The number of anilines is 2. The van der Waals surface area contributed by atoms with Crippen molar-refractivity contribution in [2.75, 3.05) is 56.5 Å². The van der Waals surface area contributed by atoms with Gasteiger partial charge in [-0.2, -0.15) is 0 Å². The van der Waals surface area contributed by atoms with Crippen molar-refractivity contribution in [2.24, 2.45) is 0 Å². The molecule has 1 N–H and O–H groups in total. The van der Waals surface area contributed by atoms with Crippen molar-refractivity contribution in [3.05, 3.63) is 36.5 Å². The van der Waals surface area contributed by atoms with E-state index in [1.807, 2.05) is 6.20 Å². The smallest absolute Gasteiger partial charge is 0.144 e. The summed E-state index contributed by atoms with van der Waals surface area (Å²) in [7, 11) is 2.18. The molecule has 2 aliphatic heterocycles. The number of benzene rings is 1. The Balaban J connectivity index is 1.58. The molecule has 23 heavy (non-hydrogen) atoms. The number of piperazine rings is 1. The maximum Gasteiger partial charge on any atom is 0.144 e. The summed E-state index contributed by atoms with van der Waals surface area (Å²) >= 11 is 0. The number of rotatable bonds is 5. The van der Waals surface area contributed by atoms with Crippen molar-refractivity contribution in [3.63, 3.8) is 0 Å². The number of hydrogen-bond donors (Lipinski definition) is 1. The molecule has 5 heteroatoms. The van der Waals surface area contributed by atoms with Crippen LogP contribution >= 0.6 is 0 Å². The summed E-state index contributed by atoms with van der Waals surface area (Å²) in [5.74, 6) is 0. The third-order valence-electron chi connectivity index (χ3n) is 4.68. The Kier molecular flexibility index (Phi) is 5.18. The zero-order valence-corrected chi connectivity index (χ0v) is 13.8. The molecule has 0 radical (unpaired) electrons. The van der Waals surface area contributed by atoms with Gasteiger partial charge in [-0.25, -0.2) is 0 Å². The van der Waals surface area contributed by atoms with E-state index in [2.05, 4.69) is 51.3 Å². The highest BCUT2D eigenvalue weighted by atomic mass is 16.1. The monoisotopic (exact) mass is 314 g/mol. The molecule has 0 aliphatic carbocycles. The van der Waals surface area contributed by atoms with Crippen molar-refractivity contribution in [1.29, 1.82) is 0 Å². The standard InChI is InChI=1S/C18H26N4O/c1-20-9-11-22(12-10-20)18-5-2-4-16(14-18)19-17-6-8-21(15-17)7-3-13-23/h2-5,7,13-14,17,19H,6,8-12,15H2,1H3/t17-/m1/s1. The van der Waals surface area contributed by atoms with Crippen LogP contribution in [0.3, 0.4) is 0 Å². The van der Waals surface area contributed by atoms with Gasteiger partial charge >= 0.3 is 0 Å². The first-order valence-electron chi connectivity index (χ1n) is 8.41. The molecule has 0 amide bonds. The van der Waals surface area contributed by atoms with E-state index < -0.39 is 0 Å². The van der Waals surface area contributed by atoms with Crippen LogP contribution in [-0.4, -0.2) is 68.4 Å². The van der Waals surface area contributed by atoms with Gasteiger partial charge in [0.25, 0.3) is 0 Å². The summed E-state index contributed by atoms with van der Waals surface area (Å²) in [5.41, 5.74) is 2.49. The molecule has 0 aromatic heterocycles. The van der Waals surface area contributed by atoms with Crippen LogP contribution in [0.15, 0.2) is 36.5 Å². The number of carbonyl (C=O) groups is 1. The maximum atomic E-state index is 10.4. The molecule has 0 unspecified atom stereocenters. The third kappa shape index (κ3) is 4.26. The summed E-state index contributed by atoms with van der Waals surface area (Å²) in [6, 6.07) is 9.17. The zero-order chi connectivity index (χ0) is 16.1. The Labute approximate surface area is 138 Å². The van der Waals surface area contributed by atoms with E-state index in [4.69, 9.17) is 0 Å². The average Bonchev–Trinajstić information content (AvgIpc) is 3.01. The van der Waals surface area contributed by atoms with Crippen molar-refractivity contribution in [2.45, 2.75) is 12.5 Å². The third-order valence-corrected chi connectivity index (χ3v) is 4.68. The first kappa shape index (κ1) is 15.9. The molecule has 5 nitrogen and oxygen atoms in total. The molecule has 0 spiro atoms. The molecule has 2 saturated heterocycles. The molecule has 1 aromatic carbocycles. The number of hydrogen-bond acceptors (Lipinski definition) is 5. The predicted molar refractivity (Wildman–Crippen MR) is 95.0 cm³/mol. The van der Waals surface area contributed by atoms with E-state index >= 15 is 0 Å². The van der Waals surface area contributed by atoms with E-state index in [1.165, 1.54) is 11.4 Å². The fraction of sp³-hybridized carbons (Fsp3) is 0.500. The first-order valence-corrected chi connectivity index (χ1v) is 8.41. The van der Waals surface area contributed by atoms with E-state index in [9.17, 15) is 4.79 Å². The maximum absolute atomic E-state index is 10.4. The molecule has 1 aromatic rings. The first-order chi connectivity index (χ1) is 11.2. The van der Waals surface area contributed by atoms with Crippen molar-refractivity contribution >= 4 is 17.7 Å². The Bertz CT molecular complexity index is 552. The van der Waals surface area contributed by atoms with E-state index in [0.29, 0.717) is 6.04 Å². The van der Waals surface area contributed by atoms with Gasteiger partial charge in [-0.05, 0) is 37.7 Å². The fourth-order valence-corrected chi connectivity index (χ4v) is 3.29. The van der Waals surface area contributed by atoms with Crippen molar-refractivity contribution in [3.8, 4) is 0 Å². The molecule has 124 valence electrons. The zero-order valence-electron chi connectivity index (χ0n) is 13.8. The number of likely N-dealkylation sites (tertiary alicyclic amines) is 1. The molecule has 2 fully saturated rings. The number of aldehydes is 1. The quantitative estimate of drug-likeness (QED) is 0.661. The summed E-state index contributed by atoms with van der Waals surface area (Å²) in [6.45, 7) is 6.38. The van der Waals surface area contributed by atoms with Gasteiger partial charge in [-0.3, -0.25) is 4.79 Å². The lowest BCUT2D eigenvalue weighted by atomic mass is 10.2. The van der Waals surface area contributed by atoms with Crippen LogP contribution in [0.1, 0.15) is 6.42 Å². The lowest BCUT2D eigenvalue weighted by Crippen LogP contribution is -2.44. The number of carbonyl (C=O) groups excluding carboxylic acids is 1. The molecule has 2 heterocycles. The van der Waals surface area contributed by atoms with Gasteiger partial charge in [0.05, 0.1) is 0 Å². The molecule has 1 atom stereocenters. The van der Waals surface area contributed by atoms with Crippen LogP contribution in [0, 0.1) is 0 Å². The predicted octanol–water partition coefficient (Wildman–Crippen LogP) is 1.64. The van der Waals surface area contributed by atoms with Crippen molar-refractivity contribution in [1.82, 2.24) is 9.80 Å². The molecule has 2 aliphatic rings. The molecule has 0 saturated carbocycles. The van der Waals surface area contributed by atoms with Gasteiger partial charge in [0.2, 0.25) is 0 Å². The second kappa shape index (κ2) is 7.51. The highest BCUT2D eigenvalue weighted by Gasteiger charge is 2.20. The summed E-state index contributed by atoms with van der Waals surface area (Å²) in [5, 5.41) is 3.63. The lowest BCUT2D eigenvalue weighted by Gasteiger charge is -2.34. The van der Waals surface area contributed by atoms with Gasteiger partial charge in [0, 0.05) is 62.9 Å². The topological polar surface area (TPSA) is 38.8 Å². The lowest BCUT2D eigenvalue weighted by molar-refractivity contribution is -0.104. The Hall–Kier alpha value is -2.01. The molecule has 0 bridgehead atoms. The number of nitrogens with one attached hydrogen (secondary N) is 1. The normalized spacial score (nSPS) is 22.7. The van der Waals surface area contributed by atoms with Crippen LogP contribution in [0.2, 0.25) is 0 Å². The van der Waals surface area contributed by atoms with E-state index in [1.54, 1.807) is 6.08 Å². The van der Waals surface area contributed by atoms with Crippen LogP contribution < -0.4 is 10.2 Å². The highest BCUT2D eigenvalue weighted by molar-refractivity contribution is 5.64. The second-order valence-electron chi connectivity index (χ2n) is 6.44. The van der Waals surface area contributed by atoms with Gasteiger partial charge in [-0.15, -0.1) is 0 Å². The van der Waals surface area contributed by atoms with Crippen LogP contribution in [-0.2, 0) is 4.79 Å². The molecular weight excluding hydrogens is 288 g/mol. The molecular formula is C18H26N4O. The number of nitrogens with zero attached hydrogens (tertiary/aromatic N) is 3. The Morgan fingerprint density at radius 2 is 2.00 bits per heavy atom. The van der Waals surface area contributed by atoms with Gasteiger partial charge < -0.3 is 20.0 Å². The summed E-state index contributed by atoms with van der Waals surface area (Å²) in [6.07, 6.45) is 5.38.